The highest BCUT2D eigenvalue weighted by atomic mass is 16.6. The number of fused-ring (bicyclic) bond motifs is 3. The van der Waals surface area contributed by atoms with Gasteiger partial charge in [0.1, 0.15) is 6.61 Å². The smallest absolute Gasteiger partial charge is 0.409 e. The predicted octanol–water partition coefficient (Wildman–Crippen LogP) is 6.56. The molecule has 51 heavy (non-hydrogen) atoms. The van der Waals surface area contributed by atoms with Crippen molar-refractivity contribution in [3.8, 4) is 11.1 Å². The van der Waals surface area contributed by atoms with E-state index in [1.165, 1.54) is 29.4 Å². The molecule has 10 nitrogen and oxygen atoms in total. The van der Waals surface area contributed by atoms with E-state index in [0.29, 0.717) is 32.6 Å². The highest BCUT2D eigenvalue weighted by Crippen LogP contribution is 2.44. The Morgan fingerprint density at radius 1 is 0.863 bits per heavy atom. The van der Waals surface area contributed by atoms with Crippen molar-refractivity contribution >= 4 is 23.8 Å². The van der Waals surface area contributed by atoms with Gasteiger partial charge in [-0.15, -0.1) is 0 Å². The van der Waals surface area contributed by atoms with E-state index in [1.54, 1.807) is 16.8 Å². The lowest BCUT2D eigenvalue weighted by atomic mass is 9.83. The number of likely N-dealkylation sites (N-methyl/N-ethyl adjacent to an activating group) is 1. The van der Waals surface area contributed by atoms with Gasteiger partial charge in [-0.25, -0.2) is 4.79 Å². The quantitative estimate of drug-likeness (QED) is 0.209. The first-order valence-corrected chi connectivity index (χ1v) is 18.7. The third-order valence-corrected chi connectivity index (χ3v) is 11.1. The van der Waals surface area contributed by atoms with Crippen LogP contribution in [0.25, 0.3) is 11.1 Å². The molecule has 0 bridgehead atoms. The predicted molar refractivity (Wildman–Crippen MR) is 198 cm³/mol. The van der Waals surface area contributed by atoms with Crippen LogP contribution in [0.3, 0.4) is 0 Å². The number of carboxylic acids is 1. The normalized spacial score (nSPS) is 18.0. The molecule has 1 aliphatic carbocycles. The SMILES string of the molecule is CC[C@H](C)[C@@H](C(CC(=O)O)OC)N(C)C(=O)[C@@H](CC(=O)[C@H](C(C)C)N1CCCN(C(=O)OCC2c3ccccc3-c3ccccc32)CC1)C(C)C. The fourth-order valence-electron chi connectivity index (χ4n) is 8.19. The first-order valence-electron chi connectivity index (χ1n) is 18.7. The van der Waals surface area contributed by atoms with Crippen LogP contribution in [0.5, 0.6) is 0 Å². The van der Waals surface area contributed by atoms with E-state index in [9.17, 15) is 24.3 Å². The Balaban J connectivity index is 1.41. The molecule has 2 amide bonds. The van der Waals surface area contributed by atoms with E-state index >= 15 is 0 Å². The monoisotopic (exact) mass is 705 g/mol. The van der Waals surface area contributed by atoms with Gasteiger partial charge >= 0.3 is 12.1 Å². The molecule has 2 aromatic rings. The van der Waals surface area contributed by atoms with Crippen molar-refractivity contribution in [1.82, 2.24) is 14.7 Å². The number of rotatable bonds is 16. The van der Waals surface area contributed by atoms with Crippen molar-refractivity contribution in [2.75, 3.05) is 46.9 Å². The third kappa shape index (κ3) is 9.38. The number of Topliss-reactive ketones (excluding diaryl/α,β-unsaturated/α-hetero) is 1. The van der Waals surface area contributed by atoms with Gasteiger partial charge in [0.2, 0.25) is 5.91 Å². The largest absolute Gasteiger partial charge is 0.481 e. The Morgan fingerprint density at radius 3 is 2.00 bits per heavy atom. The summed E-state index contributed by atoms with van der Waals surface area (Å²) in [4.78, 5) is 58.9. The molecule has 4 rings (SSSR count). The van der Waals surface area contributed by atoms with Crippen molar-refractivity contribution in [2.24, 2.45) is 23.7 Å². The number of nitrogens with zero attached hydrogens (tertiary/aromatic N) is 3. The standard InChI is InChI=1S/C41H59N3O7/c1-9-28(6)39(36(50-8)24-37(46)47)42(7)40(48)33(26(2)3)23-35(45)38(27(4)5)43-19-14-20-44(22-21-43)41(49)51-25-34-31-17-12-10-15-29(31)30-16-11-13-18-32(30)34/h10-13,15-18,26-28,33-34,36,38-39H,9,14,19-25H2,1-8H3,(H,46,47)/t28-,33-,36?,38-,39-/m0/s1. The highest BCUT2D eigenvalue weighted by Gasteiger charge is 2.40. The first kappa shape index (κ1) is 40.0. The molecule has 1 saturated heterocycles. The second-order valence-electron chi connectivity index (χ2n) is 15.1. The van der Waals surface area contributed by atoms with E-state index in [1.807, 2.05) is 65.8 Å². The molecule has 10 heteroatoms. The molecule has 1 heterocycles. The zero-order valence-corrected chi connectivity index (χ0v) is 31.8. The molecule has 0 saturated carbocycles. The fourth-order valence-corrected chi connectivity index (χ4v) is 8.19. The van der Waals surface area contributed by atoms with Crippen LogP contribution < -0.4 is 0 Å². The van der Waals surface area contributed by atoms with Crippen LogP contribution in [-0.2, 0) is 23.9 Å². The number of benzene rings is 2. The average molecular weight is 706 g/mol. The number of ether oxygens (including phenoxy) is 2. The number of carboxylic acid groups (broad SMARTS) is 1. The zero-order chi connectivity index (χ0) is 37.4. The van der Waals surface area contributed by atoms with Crippen molar-refractivity contribution in [1.29, 1.82) is 0 Å². The summed E-state index contributed by atoms with van der Waals surface area (Å²) in [5, 5.41) is 9.53. The minimum Gasteiger partial charge on any atom is -0.481 e. The second kappa shape index (κ2) is 18.1. The summed E-state index contributed by atoms with van der Waals surface area (Å²) >= 11 is 0. The third-order valence-electron chi connectivity index (χ3n) is 11.1. The fraction of sp³-hybridized carbons (Fsp3) is 0.610. The minimum atomic E-state index is -0.985. The Labute approximate surface area is 304 Å². The summed E-state index contributed by atoms with van der Waals surface area (Å²) in [5.74, 6) is -1.84. The summed E-state index contributed by atoms with van der Waals surface area (Å²) in [5.41, 5.74) is 4.71. The molecule has 1 unspecified atom stereocenters. The molecular formula is C41H59N3O7. The van der Waals surface area contributed by atoms with Gasteiger partial charge in [0.15, 0.2) is 5.78 Å². The van der Waals surface area contributed by atoms with E-state index < -0.39 is 30.1 Å². The number of amides is 2. The average Bonchev–Trinajstić information content (AvgIpc) is 3.22. The van der Waals surface area contributed by atoms with Crippen LogP contribution in [0.2, 0.25) is 0 Å². The van der Waals surface area contributed by atoms with Gasteiger partial charge in [-0.05, 0) is 46.4 Å². The minimum absolute atomic E-state index is 0.000416. The Hall–Kier alpha value is -3.76. The number of carbonyl (C=O) groups is 4. The van der Waals surface area contributed by atoms with E-state index in [2.05, 4.69) is 29.2 Å². The van der Waals surface area contributed by atoms with Crippen LogP contribution in [-0.4, -0.2) is 109 Å². The van der Waals surface area contributed by atoms with Crippen molar-refractivity contribution in [3.63, 3.8) is 0 Å². The summed E-state index contributed by atoms with van der Waals surface area (Å²) in [7, 11) is 3.19. The summed E-state index contributed by atoms with van der Waals surface area (Å²) in [6, 6.07) is 15.7. The molecule has 2 aliphatic rings. The van der Waals surface area contributed by atoms with Crippen LogP contribution in [0, 0.1) is 23.7 Å². The number of hydrogen-bond acceptors (Lipinski definition) is 7. The summed E-state index contributed by atoms with van der Waals surface area (Å²) < 4.78 is 11.6. The molecule has 1 aliphatic heterocycles. The van der Waals surface area contributed by atoms with E-state index in [4.69, 9.17) is 9.47 Å². The van der Waals surface area contributed by atoms with Crippen LogP contribution >= 0.6 is 0 Å². The molecule has 0 radical (unpaired) electrons. The topological polar surface area (TPSA) is 117 Å². The van der Waals surface area contributed by atoms with Crippen LogP contribution in [0.4, 0.5) is 4.79 Å². The zero-order valence-electron chi connectivity index (χ0n) is 31.8. The Bertz CT molecular complexity index is 1460. The molecule has 2 aromatic carbocycles. The Morgan fingerprint density at radius 2 is 1.47 bits per heavy atom. The van der Waals surface area contributed by atoms with Crippen LogP contribution in [0.1, 0.15) is 84.3 Å². The molecule has 280 valence electrons. The van der Waals surface area contributed by atoms with Gasteiger partial charge in [-0.3, -0.25) is 19.3 Å². The molecule has 1 N–H and O–H groups in total. The van der Waals surface area contributed by atoms with Crippen molar-refractivity contribution in [2.45, 2.75) is 91.3 Å². The maximum atomic E-state index is 14.2. The van der Waals surface area contributed by atoms with Gasteiger partial charge in [0, 0.05) is 58.6 Å². The van der Waals surface area contributed by atoms with Gasteiger partial charge in [0.05, 0.1) is 24.6 Å². The number of hydrogen-bond donors (Lipinski definition) is 1. The highest BCUT2D eigenvalue weighted by molar-refractivity contribution is 5.90. The molecular weight excluding hydrogens is 646 g/mol. The molecule has 0 spiro atoms. The Kier molecular flexibility index (Phi) is 14.2. The number of aliphatic carboxylic acids is 1. The number of methoxy groups -OCH3 is 1. The van der Waals surface area contributed by atoms with Crippen molar-refractivity contribution < 1.29 is 33.8 Å². The van der Waals surface area contributed by atoms with Gasteiger partial charge in [0.25, 0.3) is 0 Å². The maximum Gasteiger partial charge on any atom is 0.409 e. The molecule has 1 fully saturated rings. The van der Waals surface area contributed by atoms with Gasteiger partial charge in [-0.2, -0.15) is 0 Å². The number of ketones is 1. The van der Waals surface area contributed by atoms with Gasteiger partial charge in [-0.1, -0.05) is 96.5 Å². The van der Waals surface area contributed by atoms with Crippen LogP contribution in [0.15, 0.2) is 48.5 Å². The maximum absolute atomic E-state index is 14.2. The van der Waals surface area contributed by atoms with E-state index in [0.717, 1.165) is 6.42 Å². The van der Waals surface area contributed by atoms with E-state index in [-0.39, 0.29) is 60.9 Å². The number of carbonyl (C=O) groups excluding carboxylic acids is 3. The summed E-state index contributed by atoms with van der Waals surface area (Å²) in [6.07, 6.45) is 0.299. The lowest BCUT2D eigenvalue weighted by Gasteiger charge is -2.40. The molecule has 0 aromatic heterocycles. The lowest BCUT2D eigenvalue weighted by Crippen LogP contribution is -2.53. The second-order valence-corrected chi connectivity index (χ2v) is 15.1. The summed E-state index contributed by atoms with van der Waals surface area (Å²) in [6.45, 7) is 14.4. The van der Waals surface area contributed by atoms with Gasteiger partial charge < -0.3 is 24.4 Å². The molecule has 5 atom stereocenters. The lowest BCUT2D eigenvalue weighted by molar-refractivity contribution is -0.149. The van der Waals surface area contributed by atoms with Crippen molar-refractivity contribution in [3.05, 3.63) is 59.7 Å². The first-order chi connectivity index (χ1) is 24.3.